The minimum absolute atomic E-state index is 0.112. The molecule has 1 aromatic heterocycles. The first-order chi connectivity index (χ1) is 11.8. The number of nitrogens with one attached hydrogen (secondary N) is 1. The Hall–Kier alpha value is -2.91. The summed E-state index contributed by atoms with van der Waals surface area (Å²) in [5.74, 6) is 0.202. The van der Waals surface area contributed by atoms with E-state index in [1.807, 2.05) is 0 Å². The fourth-order valence-electron chi connectivity index (χ4n) is 2.18. The van der Waals surface area contributed by atoms with Crippen LogP contribution in [-0.4, -0.2) is 25.6 Å². The van der Waals surface area contributed by atoms with Gasteiger partial charge >= 0.3 is 6.18 Å². The zero-order chi connectivity index (χ0) is 18.0. The van der Waals surface area contributed by atoms with Crippen molar-refractivity contribution in [2.24, 2.45) is 0 Å². The SMILES string of the molecule is OC(O)c1n[nH]nc1Oc1cccc(-c2ccc(C(F)(F)F)cc2)c1. The summed E-state index contributed by atoms with van der Waals surface area (Å²) >= 11 is 0. The number of hydrogen-bond acceptors (Lipinski definition) is 5. The molecule has 0 bridgehead atoms. The number of hydrogen-bond donors (Lipinski definition) is 3. The van der Waals surface area contributed by atoms with Crippen LogP contribution in [0, 0.1) is 0 Å². The predicted octanol–water partition coefficient (Wildman–Crippen LogP) is 3.27. The number of aromatic amines is 1. The van der Waals surface area contributed by atoms with Crippen molar-refractivity contribution in [3.05, 3.63) is 59.8 Å². The van der Waals surface area contributed by atoms with E-state index in [4.69, 9.17) is 14.9 Å². The monoisotopic (exact) mass is 351 g/mol. The quantitative estimate of drug-likeness (QED) is 0.628. The molecule has 0 radical (unpaired) electrons. The van der Waals surface area contributed by atoms with Crippen molar-refractivity contribution < 1.29 is 28.1 Å². The average Bonchev–Trinajstić information content (AvgIpc) is 3.03. The van der Waals surface area contributed by atoms with Gasteiger partial charge in [-0.3, -0.25) is 0 Å². The van der Waals surface area contributed by atoms with E-state index in [0.29, 0.717) is 16.9 Å². The lowest BCUT2D eigenvalue weighted by molar-refractivity contribution is -0.137. The van der Waals surface area contributed by atoms with Crippen LogP contribution in [0.25, 0.3) is 11.1 Å². The predicted molar refractivity (Wildman–Crippen MR) is 80.5 cm³/mol. The standard InChI is InChI=1S/C16H12F3N3O3/c17-16(18,19)11-6-4-9(5-7-11)10-2-1-3-12(8-10)25-14-13(15(23)24)20-22-21-14/h1-8,15,23-24H,(H,20,21,22). The van der Waals surface area contributed by atoms with Gasteiger partial charge in [-0.05, 0) is 35.4 Å². The Morgan fingerprint density at radius 3 is 2.32 bits per heavy atom. The number of aliphatic hydroxyl groups excluding tert-OH is 1. The van der Waals surface area contributed by atoms with Gasteiger partial charge in [0, 0.05) is 0 Å². The molecule has 0 aliphatic rings. The Morgan fingerprint density at radius 1 is 0.960 bits per heavy atom. The Morgan fingerprint density at radius 2 is 1.68 bits per heavy atom. The van der Waals surface area contributed by atoms with Crippen LogP contribution >= 0.6 is 0 Å². The maximum atomic E-state index is 12.6. The normalized spacial score (nSPS) is 11.8. The third-order valence-corrected chi connectivity index (χ3v) is 3.38. The largest absolute Gasteiger partial charge is 0.436 e. The summed E-state index contributed by atoms with van der Waals surface area (Å²) in [7, 11) is 0. The molecule has 1 heterocycles. The van der Waals surface area contributed by atoms with Crippen LogP contribution < -0.4 is 4.74 Å². The molecular weight excluding hydrogens is 339 g/mol. The zero-order valence-corrected chi connectivity index (χ0v) is 12.5. The number of ether oxygens (including phenoxy) is 1. The highest BCUT2D eigenvalue weighted by atomic mass is 19.4. The van der Waals surface area contributed by atoms with Crippen LogP contribution in [0.2, 0.25) is 0 Å². The minimum atomic E-state index is -4.39. The first kappa shape index (κ1) is 16.9. The molecule has 130 valence electrons. The van der Waals surface area contributed by atoms with Gasteiger partial charge in [-0.2, -0.15) is 23.5 Å². The Kier molecular flexibility index (Phi) is 4.43. The Labute approximate surface area is 139 Å². The van der Waals surface area contributed by atoms with Gasteiger partial charge < -0.3 is 14.9 Å². The number of benzene rings is 2. The molecule has 0 unspecified atom stereocenters. The van der Waals surface area contributed by atoms with Crippen molar-refractivity contribution in [1.29, 1.82) is 0 Å². The molecule has 0 spiro atoms. The molecule has 0 fully saturated rings. The molecule has 0 aliphatic heterocycles. The van der Waals surface area contributed by atoms with Crippen LogP contribution in [0.3, 0.4) is 0 Å². The van der Waals surface area contributed by atoms with Gasteiger partial charge in [-0.1, -0.05) is 24.3 Å². The number of aromatic nitrogens is 3. The Bertz CT molecular complexity index is 861. The molecule has 3 rings (SSSR count). The van der Waals surface area contributed by atoms with E-state index in [1.165, 1.54) is 12.1 Å². The van der Waals surface area contributed by atoms with Gasteiger partial charge in [0.25, 0.3) is 5.88 Å². The summed E-state index contributed by atoms with van der Waals surface area (Å²) in [5.41, 5.74) is 0.287. The maximum absolute atomic E-state index is 12.6. The van der Waals surface area contributed by atoms with E-state index in [0.717, 1.165) is 12.1 Å². The van der Waals surface area contributed by atoms with Crippen LogP contribution in [0.15, 0.2) is 48.5 Å². The van der Waals surface area contributed by atoms with E-state index in [9.17, 15) is 13.2 Å². The molecule has 3 N–H and O–H groups in total. The van der Waals surface area contributed by atoms with Crippen molar-refractivity contribution in [1.82, 2.24) is 15.4 Å². The summed E-state index contributed by atoms with van der Waals surface area (Å²) in [6.07, 6.45) is -6.25. The molecule has 2 aromatic carbocycles. The van der Waals surface area contributed by atoms with Crippen LogP contribution in [-0.2, 0) is 6.18 Å². The highest BCUT2D eigenvalue weighted by molar-refractivity contribution is 5.65. The smallest absolute Gasteiger partial charge is 0.416 e. The first-order valence-corrected chi connectivity index (χ1v) is 7.07. The number of nitrogens with zero attached hydrogens (tertiary/aromatic N) is 2. The molecule has 0 saturated heterocycles. The second-order valence-electron chi connectivity index (χ2n) is 5.09. The average molecular weight is 351 g/mol. The van der Waals surface area contributed by atoms with Gasteiger partial charge in [0.05, 0.1) is 5.56 Å². The fraction of sp³-hybridized carbons (Fsp3) is 0.125. The van der Waals surface area contributed by atoms with Crippen molar-refractivity contribution in [2.75, 3.05) is 0 Å². The zero-order valence-electron chi connectivity index (χ0n) is 12.5. The first-order valence-electron chi connectivity index (χ1n) is 7.07. The van der Waals surface area contributed by atoms with Gasteiger partial charge in [-0.15, -0.1) is 5.10 Å². The summed E-state index contributed by atoms with van der Waals surface area (Å²) in [6, 6.07) is 11.3. The van der Waals surface area contributed by atoms with Crippen molar-refractivity contribution >= 4 is 0 Å². The van der Waals surface area contributed by atoms with Crippen molar-refractivity contribution in [2.45, 2.75) is 12.5 Å². The topological polar surface area (TPSA) is 91.3 Å². The van der Waals surface area contributed by atoms with Crippen LogP contribution in [0.5, 0.6) is 11.6 Å². The third-order valence-electron chi connectivity index (χ3n) is 3.38. The summed E-state index contributed by atoms with van der Waals surface area (Å²) in [6.45, 7) is 0. The van der Waals surface area contributed by atoms with Gasteiger partial charge in [0.15, 0.2) is 5.69 Å². The van der Waals surface area contributed by atoms with Crippen molar-refractivity contribution in [3.8, 4) is 22.8 Å². The number of rotatable bonds is 4. The van der Waals surface area contributed by atoms with E-state index >= 15 is 0 Å². The van der Waals surface area contributed by atoms with Crippen LogP contribution in [0.4, 0.5) is 13.2 Å². The van der Waals surface area contributed by atoms with Crippen LogP contribution in [0.1, 0.15) is 17.5 Å². The molecule has 25 heavy (non-hydrogen) atoms. The molecule has 9 heteroatoms. The van der Waals surface area contributed by atoms with E-state index < -0.39 is 18.0 Å². The lowest BCUT2D eigenvalue weighted by Crippen LogP contribution is -2.03. The molecule has 0 aliphatic carbocycles. The summed E-state index contributed by atoms with van der Waals surface area (Å²) in [4.78, 5) is 0. The lowest BCUT2D eigenvalue weighted by atomic mass is 10.0. The number of alkyl halides is 3. The second kappa shape index (κ2) is 6.54. The van der Waals surface area contributed by atoms with E-state index in [1.54, 1.807) is 24.3 Å². The van der Waals surface area contributed by atoms with E-state index in [-0.39, 0.29) is 11.6 Å². The number of H-pyrrole nitrogens is 1. The minimum Gasteiger partial charge on any atom is -0.436 e. The molecular formula is C16H12F3N3O3. The van der Waals surface area contributed by atoms with Crippen molar-refractivity contribution in [3.63, 3.8) is 0 Å². The highest BCUT2D eigenvalue weighted by Gasteiger charge is 2.30. The van der Waals surface area contributed by atoms with Gasteiger partial charge in [0.2, 0.25) is 6.29 Å². The van der Waals surface area contributed by atoms with Gasteiger partial charge in [0.1, 0.15) is 5.75 Å². The van der Waals surface area contributed by atoms with E-state index in [2.05, 4.69) is 15.4 Å². The Balaban J connectivity index is 1.85. The molecule has 3 aromatic rings. The number of aliphatic hydroxyl groups is 2. The lowest BCUT2D eigenvalue weighted by Gasteiger charge is -2.09. The summed E-state index contributed by atoms with van der Waals surface area (Å²) in [5, 5.41) is 27.8. The maximum Gasteiger partial charge on any atom is 0.416 e. The summed E-state index contributed by atoms with van der Waals surface area (Å²) < 4.78 is 43.3. The third kappa shape index (κ3) is 3.78. The highest BCUT2D eigenvalue weighted by Crippen LogP contribution is 2.32. The molecule has 0 saturated carbocycles. The molecule has 6 nitrogen and oxygen atoms in total. The van der Waals surface area contributed by atoms with Gasteiger partial charge in [-0.25, -0.2) is 0 Å². The molecule has 0 amide bonds. The number of halogens is 3. The fourth-order valence-corrected chi connectivity index (χ4v) is 2.18. The second-order valence-corrected chi connectivity index (χ2v) is 5.09. The molecule has 0 atom stereocenters.